The molecule has 1 atom stereocenters. The van der Waals surface area contributed by atoms with Crippen LogP contribution in [0.15, 0.2) is 71.7 Å². The number of carbonyl (C=O) groups excluding carboxylic acids is 1. The first kappa shape index (κ1) is 29.9. The van der Waals surface area contributed by atoms with Crippen LogP contribution in [0, 0.1) is 6.92 Å². The number of hydrogen-bond acceptors (Lipinski definition) is 7. The number of benzene rings is 2. The number of aryl methyl sites for hydroxylation is 2. The van der Waals surface area contributed by atoms with E-state index >= 15 is 0 Å². The Balaban J connectivity index is 0.00000194. The van der Waals surface area contributed by atoms with E-state index in [0.717, 1.165) is 28.3 Å². The van der Waals surface area contributed by atoms with Gasteiger partial charge in [-0.25, -0.2) is 9.97 Å². The zero-order valence-corrected chi connectivity index (χ0v) is 24.5. The standard InChI is InChI=1S/C30H31N7O2.2ClH/c1-18-19(11-14-27(31)35-18)15-34-29(38)26-13-12-20-16-32-28(30(39)37(20)26)33-17-23-21-7-3-5-9-24(21)36(2)25-10-6-4-8-22(23)25;;/h3-11,14,16,23,26H,12-13,15,17H2,1-2H3,(H2,31,35)(H,32,33)(H,34,38);2*1H/t26-;;/m0../s1. The molecule has 214 valence electrons. The Hall–Kier alpha value is -4.08. The highest BCUT2D eigenvalue weighted by atomic mass is 35.5. The van der Waals surface area contributed by atoms with E-state index in [1.807, 2.05) is 37.3 Å². The summed E-state index contributed by atoms with van der Waals surface area (Å²) in [5, 5.41) is 6.30. The van der Waals surface area contributed by atoms with Crippen molar-refractivity contribution in [1.29, 1.82) is 0 Å². The van der Waals surface area contributed by atoms with E-state index in [1.165, 1.54) is 11.1 Å². The lowest BCUT2D eigenvalue weighted by Crippen LogP contribution is -2.37. The number of nitrogens with two attached hydrogens (primary N) is 1. The van der Waals surface area contributed by atoms with Crippen LogP contribution in [-0.2, 0) is 17.8 Å². The quantitative estimate of drug-likeness (QED) is 0.301. The molecule has 0 aliphatic carbocycles. The molecular weight excluding hydrogens is 561 g/mol. The number of nitrogens with zero attached hydrogens (tertiary/aromatic N) is 4. The minimum atomic E-state index is -0.581. The molecule has 2 aliphatic rings. The number of halogens is 2. The summed E-state index contributed by atoms with van der Waals surface area (Å²) < 4.78 is 1.59. The number of amides is 1. The molecule has 4 heterocycles. The van der Waals surface area contributed by atoms with E-state index in [4.69, 9.17) is 5.73 Å². The zero-order valence-electron chi connectivity index (χ0n) is 22.8. The smallest absolute Gasteiger partial charge is 0.294 e. The number of nitrogen functional groups attached to an aromatic ring is 1. The zero-order chi connectivity index (χ0) is 27.1. The van der Waals surface area contributed by atoms with Crippen molar-refractivity contribution < 1.29 is 4.79 Å². The van der Waals surface area contributed by atoms with Crippen LogP contribution in [0.3, 0.4) is 0 Å². The second-order valence-electron chi connectivity index (χ2n) is 10.1. The molecule has 0 radical (unpaired) electrons. The lowest BCUT2D eigenvalue weighted by atomic mass is 9.85. The third-order valence-corrected chi connectivity index (χ3v) is 7.85. The summed E-state index contributed by atoms with van der Waals surface area (Å²) in [5.74, 6) is 0.552. The normalized spacial score (nSPS) is 15.1. The Morgan fingerprint density at radius 1 is 1.02 bits per heavy atom. The predicted octanol–water partition coefficient (Wildman–Crippen LogP) is 4.50. The summed E-state index contributed by atoms with van der Waals surface area (Å²) in [4.78, 5) is 37.7. The molecule has 0 saturated heterocycles. The average Bonchev–Trinajstić information content (AvgIpc) is 3.39. The van der Waals surface area contributed by atoms with Gasteiger partial charge in [0.25, 0.3) is 5.56 Å². The lowest BCUT2D eigenvalue weighted by Gasteiger charge is -2.35. The molecule has 9 nitrogen and oxygen atoms in total. The van der Waals surface area contributed by atoms with E-state index in [9.17, 15) is 9.59 Å². The first-order valence-corrected chi connectivity index (χ1v) is 13.2. The topological polar surface area (TPSA) is 118 Å². The van der Waals surface area contributed by atoms with Gasteiger partial charge in [-0.2, -0.15) is 0 Å². The molecule has 0 spiro atoms. The summed E-state index contributed by atoms with van der Waals surface area (Å²) in [6, 6.07) is 19.7. The maximum absolute atomic E-state index is 13.6. The minimum absolute atomic E-state index is 0. The van der Waals surface area contributed by atoms with Crippen molar-refractivity contribution in [2.24, 2.45) is 0 Å². The number of nitrogens with one attached hydrogen (secondary N) is 2. The summed E-state index contributed by atoms with van der Waals surface area (Å²) in [5.41, 5.74) is 12.6. The molecular formula is C30H33Cl2N7O2. The molecule has 11 heteroatoms. The van der Waals surface area contributed by atoms with Crippen LogP contribution in [0.1, 0.15) is 46.5 Å². The van der Waals surface area contributed by atoms with E-state index in [1.54, 1.807) is 16.8 Å². The Bertz CT molecular complexity index is 1590. The summed E-state index contributed by atoms with van der Waals surface area (Å²) >= 11 is 0. The third kappa shape index (κ3) is 5.47. The Kier molecular flexibility index (Phi) is 8.89. The molecule has 2 aromatic heterocycles. The number of carbonyl (C=O) groups is 1. The van der Waals surface area contributed by atoms with Gasteiger partial charge in [-0.15, -0.1) is 24.8 Å². The van der Waals surface area contributed by atoms with Gasteiger partial charge in [-0.05, 0) is 54.7 Å². The number of rotatable bonds is 6. The molecule has 41 heavy (non-hydrogen) atoms. The van der Waals surface area contributed by atoms with Crippen LogP contribution in [-0.4, -0.2) is 34.0 Å². The molecule has 2 aromatic carbocycles. The predicted molar refractivity (Wildman–Crippen MR) is 167 cm³/mol. The SMILES string of the molecule is Cc1nc(N)ccc1CNC(=O)[C@@H]1CCc2cnc(NCC3c4ccccc4N(C)c4ccccc43)c(=O)n21.Cl.Cl. The molecule has 1 amide bonds. The van der Waals surface area contributed by atoms with Gasteiger partial charge in [-0.1, -0.05) is 42.5 Å². The first-order valence-electron chi connectivity index (χ1n) is 13.2. The Morgan fingerprint density at radius 2 is 1.68 bits per heavy atom. The van der Waals surface area contributed by atoms with Gasteiger partial charge in [0.1, 0.15) is 11.9 Å². The summed E-state index contributed by atoms with van der Waals surface area (Å²) in [6.07, 6.45) is 2.89. The van der Waals surface area contributed by atoms with Crippen LogP contribution in [0.2, 0.25) is 0 Å². The van der Waals surface area contributed by atoms with Crippen LogP contribution < -0.4 is 26.8 Å². The average molecular weight is 595 g/mol. The van der Waals surface area contributed by atoms with E-state index in [2.05, 4.69) is 56.8 Å². The highest BCUT2D eigenvalue weighted by molar-refractivity contribution is 5.85. The molecule has 0 saturated carbocycles. The molecule has 0 bridgehead atoms. The third-order valence-electron chi connectivity index (χ3n) is 7.85. The Morgan fingerprint density at radius 3 is 2.34 bits per heavy atom. The van der Waals surface area contributed by atoms with Crippen molar-refractivity contribution in [3.05, 3.63) is 105 Å². The van der Waals surface area contributed by atoms with Crippen molar-refractivity contribution in [2.75, 3.05) is 29.5 Å². The highest BCUT2D eigenvalue weighted by Gasteiger charge is 2.32. The monoisotopic (exact) mass is 593 g/mol. The van der Waals surface area contributed by atoms with Crippen molar-refractivity contribution in [2.45, 2.75) is 38.3 Å². The van der Waals surface area contributed by atoms with Crippen LogP contribution in [0.5, 0.6) is 0 Å². The lowest BCUT2D eigenvalue weighted by molar-refractivity contribution is -0.124. The van der Waals surface area contributed by atoms with Crippen LogP contribution in [0.4, 0.5) is 23.0 Å². The van der Waals surface area contributed by atoms with Crippen molar-refractivity contribution in [1.82, 2.24) is 19.9 Å². The number of pyridine rings is 1. The number of anilines is 4. The summed E-state index contributed by atoms with van der Waals surface area (Å²) in [7, 11) is 2.08. The van der Waals surface area contributed by atoms with Crippen molar-refractivity contribution in [3.63, 3.8) is 0 Å². The van der Waals surface area contributed by atoms with E-state index in [-0.39, 0.29) is 48.0 Å². The van der Waals surface area contributed by atoms with Gasteiger partial charge in [0.15, 0.2) is 5.82 Å². The molecule has 4 aromatic rings. The van der Waals surface area contributed by atoms with Gasteiger partial charge in [-0.3, -0.25) is 14.2 Å². The molecule has 4 N–H and O–H groups in total. The van der Waals surface area contributed by atoms with Crippen molar-refractivity contribution >= 4 is 53.7 Å². The van der Waals surface area contributed by atoms with Gasteiger partial charge in [0.05, 0.1) is 0 Å². The molecule has 6 rings (SSSR count). The fraction of sp³-hybridized carbons (Fsp3) is 0.267. The number of hydrogen-bond donors (Lipinski definition) is 3. The molecule has 0 unspecified atom stereocenters. The largest absolute Gasteiger partial charge is 0.384 e. The highest BCUT2D eigenvalue weighted by Crippen LogP contribution is 2.44. The Labute approximate surface area is 251 Å². The van der Waals surface area contributed by atoms with Gasteiger partial charge in [0.2, 0.25) is 5.91 Å². The van der Waals surface area contributed by atoms with Crippen molar-refractivity contribution in [3.8, 4) is 0 Å². The first-order chi connectivity index (χ1) is 18.9. The number of aromatic nitrogens is 3. The minimum Gasteiger partial charge on any atom is -0.384 e. The fourth-order valence-corrected chi connectivity index (χ4v) is 5.80. The maximum Gasteiger partial charge on any atom is 0.294 e. The van der Waals surface area contributed by atoms with Gasteiger partial charge in [0, 0.05) is 55.0 Å². The van der Waals surface area contributed by atoms with E-state index in [0.29, 0.717) is 31.7 Å². The second kappa shape index (κ2) is 12.2. The number of para-hydroxylation sites is 2. The van der Waals surface area contributed by atoms with E-state index < -0.39 is 6.04 Å². The second-order valence-corrected chi connectivity index (χ2v) is 10.1. The van der Waals surface area contributed by atoms with Crippen LogP contribution >= 0.6 is 24.8 Å². The summed E-state index contributed by atoms with van der Waals surface area (Å²) in [6.45, 7) is 2.69. The van der Waals surface area contributed by atoms with Gasteiger partial charge >= 0.3 is 0 Å². The molecule has 2 aliphatic heterocycles. The maximum atomic E-state index is 13.6. The number of fused-ring (bicyclic) bond motifs is 3. The molecule has 0 fully saturated rings. The van der Waals surface area contributed by atoms with Gasteiger partial charge < -0.3 is 21.3 Å². The fourth-order valence-electron chi connectivity index (χ4n) is 5.80. The van der Waals surface area contributed by atoms with Crippen LogP contribution in [0.25, 0.3) is 0 Å².